The highest BCUT2D eigenvalue weighted by atomic mass is 19.4. The van der Waals surface area contributed by atoms with E-state index in [1.165, 1.54) is 11.0 Å². The Labute approximate surface area is 243 Å². The molecule has 2 aromatic rings. The van der Waals surface area contributed by atoms with Gasteiger partial charge in [0.05, 0.1) is 18.2 Å². The van der Waals surface area contributed by atoms with E-state index in [4.69, 9.17) is 5.73 Å². The number of fused-ring (bicyclic) bond motifs is 3. The smallest absolute Gasteiger partial charge is 0.401 e. The maximum Gasteiger partial charge on any atom is 0.401 e. The lowest BCUT2D eigenvalue weighted by Crippen LogP contribution is -2.63. The molecule has 0 aromatic heterocycles. The Balaban J connectivity index is 1.57. The molecule has 0 spiro atoms. The number of hydrogen-bond donors (Lipinski definition) is 6. The summed E-state index contributed by atoms with van der Waals surface area (Å²) in [4.78, 5) is 40.8. The Hall–Kier alpha value is -4.20. The number of carbonyl (C=O) groups excluding carboxylic acids is 3. The Bertz CT molecular complexity index is 1600. The van der Waals surface area contributed by atoms with E-state index in [2.05, 4.69) is 5.32 Å². The fourth-order valence-electron chi connectivity index (χ4n) is 6.67. The van der Waals surface area contributed by atoms with E-state index >= 15 is 0 Å². The van der Waals surface area contributed by atoms with Crippen molar-refractivity contribution in [2.75, 3.05) is 20.6 Å². The molecule has 0 saturated carbocycles. The number of likely N-dealkylation sites (N-methyl/N-ethyl adjacent to an activating group) is 1. The van der Waals surface area contributed by atoms with Gasteiger partial charge in [0.1, 0.15) is 22.8 Å². The summed E-state index contributed by atoms with van der Waals surface area (Å²) in [5, 5.41) is 47.0. The van der Waals surface area contributed by atoms with Crippen LogP contribution in [0, 0.1) is 11.8 Å². The summed E-state index contributed by atoms with van der Waals surface area (Å²) in [6, 6.07) is 8.44. The van der Waals surface area contributed by atoms with Crippen LogP contribution in [-0.4, -0.2) is 81.3 Å². The number of nitrogens with two attached hydrogens (primary N) is 1. The summed E-state index contributed by atoms with van der Waals surface area (Å²) in [7, 11) is 3.09. The zero-order valence-corrected chi connectivity index (χ0v) is 23.2. The number of aliphatic hydroxyl groups is 3. The number of Topliss-reactive ketones (excluding diaryl/α,β-unsaturated/α-hetero) is 2. The van der Waals surface area contributed by atoms with Crippen molar-refractivity contribution in [3.63, 3.8) is 0 Å². The van der Waals surface area contributed by atoms with E-state index < -0.39 is 70.8 Å². The van der Waals surface area contributed by atoms with Crippen molar-refractivity contribution in [1.29, 1.82) is 0 Å². The van der Waals surface area contributed by atoms with Crippen LogP contribution in [0.25, 0.3) is 11.1 Å². The zero-order chi connectivity index (χ0) is 31.6. The van der Waals surface area contributed by atoms with Crippen LogP contribution in [-0.2, 0) is 22.6 Å². The van der Waals surface area contributed by atoms with Crippen LogP contribution >= 0.6 is 0 Å². The lowest BCUT2D eigenvalue weighted by molar-refractivity contribution is -0.148. The molecular formula is C30H30F3N3O7. The van der Waals surface area contributed by atoms with Crippen molar-refractivity contribution in [2.24, 2.45) is 17.6 Å². The molecule has 228 valence electrons. The van der Waals surface area contributed by atoms with Gasteiger partial charge in [0.2, 0.25) is 5.78 Å². The Morgan fingerprint density at radius 1 is 1.09 bits per heavy atom. The molecule has 0 fully saturated rings. The second kappa shape index (κ2) is 10.5. The molecule has 1 amide bonds. The average molecular weight is 602 g/mol. The zero-order valence-electron chi connectivity index (χ0n) is 23.2. The fourth-order valence-corrected chi connectivity index (χ4v) is 6.67. The molecule has 0 bridgehead atoms. The number of aromatic hydroxyl groups is 1. The van der Waals surface area contributed by atoms with Crippen LogP contribution in [0.2, 0.25) is 0 Å². The monoisotopic (exact) mass is 601 g/mol. The number of halogens is 3. The number of nitrogens with one attached hydrogen (secondary N) is 1. The number of primary amides is 1. The number of phenolic OH excluding ortho intramolecular Hbond substituents is 1. The highest BCUT2D eigenvalue weighted by Crippen LogP contribution is 2.53. The molecule has 3 aliphatic carbocycles. The van der Waals surface area contributed by atoms with E-state index in [0.29, 0.717) is 22.3 Å². The molecule has 2 aromatic carbocycles. The average Bonchev–Trinajstić information content (AvgIpc) is 2.90. The Morgan fingerprint density at radius 3 is 2.33 bits per heavy atom. The summed E-state index contributed by atoms with van der Waals surface area (Å²) in [6.45, 7) is -1.16. The minimum absolute atomic E-state index is 0.0176. The molecule has 5 rings (SSSR count). The Morgan fingerprint density at radius 2 is 1.74 bits per heavy atom. The molecule has 3 aliphatic rings. The second-order valence-electron chi connectivity index (χ2n) is 11.4. The minimum atomic E-state index is -4.34. The summed E-state index contributed by atoms with van der Waals surface area (Å²) in [5.74, 6) is -7.30. The van der Waals surface area contributed by atoms with Crippen molar-refractivity contribution >= 4 is 17.5 Å². The van der Waals surface area contributed by atoms with E-state index in [1.807, 2.05) is 0 Å². The number of aliphatic hydroxyl groups excluding tert-OH is 2. The van der Waals surface area contributed by atoms with Gasteiger partial charge in [0, 0.05) is 18.0 Å². The number of ketones is 2. The van der Waals surface area contributed by atoms with Crippen LogP contribution in [0.5, 0.6) is 5.75 Å². The third-order valence-corrected chi connectivity index (χ3v) is 8.53. The number of benzene rings is 2. The predicted octanol–water partition coefficient (Wildman–Crippen LogP) is 2.44. The van der Waals surface area contributed by atoms with Crippen molar-refractivity contribution in [2.45, 2.75) is 37.2 Å². The lowest BCUT2D eigenvalue weighted by atomic mass is 9.58. The number of hydrogen-bond acceptors (Lipinski definition) is 9. The first-order chi connectivity index (χ1) is 20.1. The topological polar surface area (TPSA) is 173 Å². The molecule has 13 heteroatoms. The van der Waals surface area contributed by atoms with Gasteiger partial charge < -0.3 is 31.5 Å². The molecule has 10 nitrogen and oxygen atoms in total. The molecule has 4 atom stereocenters. The lowest BCUT2D eigenvalue weighted by Gasteiger charge is -2.50. The van der Waals surface area contributed by atoms with Gasteiger partial charge in [-0.2, -0.15) is 13.2 Å². The molecule has 0 aliphatic heterocycles. The third kappa shape index (κ3) is 4.86. The van der Waals surface area contributed by atoms with E-state index in [9.17, 15) is 48.0 Å². The van der Waals surface area contributed by atoms with Gasteiger partial charge in [-0.3, -0.25) is 19.3 Å². The summed E-state index contributed by atoms with van der Waals surface area (Å²) >= 11 is 0. The van der Waals surface area contributed by atoms with Crippen molar-refractivity contribution < 1.29 is 48.0 Å². The maximum atomic E-state index is 13.9. The highest BCUT2D eigenvalue weighted by molar-refractivity contribution is 6.24. The van der Waals surface area contributed by atoms with Gasteiger partial charge in [-0.25, -0.2) is 0 Å². The van der Waals surface area contributed by atoms with Gasteiger partial charge in [-0.1, -0.05) is 30.3 Å². The quantitative estimate of drug-likeness (QED) is 0.272. The van der Waals surface area contributed by atoms with Crippen LogP contribution < -0.4 is 11.1 Å². The molecule has 4 unspecified atom stereocenters. The van der Waals surface area contributed by atoms with Gasteiger partial charge in [0.15, 0.2) is 11.4 Å². The number of alkyl halides is 3. The standard InChI is InChI=1S/C30H30F3N3O7/c1-36(2)23-18-10-15-9-17-16(14-5-3-13(4-6-14)11-35-12-29(31,32)33)7-8-19(37)21(17)24(38)20(15)26(40)30(18,43)27(41)22(25(23)39)28(34)42/h3-8,15,18,23,35,37,39-40,43H,9-12H2,1-2H3,(H2,34,42). The van der Waals surface area contributed by atoms with Crippen molar-refractivity contribution in [3.05, 3.63) is 75.8 Å². The number of rotatable bonds is 6. The number of nitrogens with zero attached hydrogens (tertiary/aromatic N) is 1. The third-order valence-electron chi connectivity index (χ3n) is 8.53. The first-order valence-electron chi connectivity index (χ1n) is 13.4. The largest absolute Gasteiger partial charge is 0.510 e. The van der Waals surface area contributed by atoms with Crippen LogP contribution in [0.4, 0.5) is 13.2 Å². The molecular weight excluding hydrogens is 571 g/mol. The second-order valence-corrected chi connectivity index (χ2v) is 11.4. The first-order valence-corrected chi connectivity index (χ1v) is 13.4. The minimum Gasteiger partial charge on any atom is -0.510 e. The van der Waals surface area contributed by atoms with Gasteiger partial charge in [0.25, 0.3) is 5.91 Å². The fraction of sp³-hybridized carbons (Fsp3) is 0.367. The number of phenols is 1. The van der Waals surface area contributed by atoms with Crippen molar-refractivity contribution in [3.8, 4) is 16.9 Å². The van der Waals surface area contributed by atoms with E-state index in [1.54, 1.807) is 44.4 Å². The van der Waals surface area contributed by atoms with Crippen molar-refractivity contribution in [1.82, 2.24) is 10.2 Å². The van der Waals surface area contributed by atoms with Gasteiger partial charge in [-0.05, 0) is 61.2 Å². The maximum absolute atomic E-state index is 13.9. The number of allylic oxidation sites excluding steroid dienone is 1. The molecule has 0 radical (unpaired) electrons. The van der Waals surface area contributed by atoms with E-state index in [-0.39, 0.29) is 36.3 Å². The summed E-state index contributed by atoms with van der Waals surface area (Å²) in [5.41, 5.74) is 3.58. The molecule has 7 N–H and O–H groups in total. The summed E-state index contributed by atoms with van der Waals surface area (Å²) < 4.78 is 37.4. The van der Waals surface area contributed by atoms with Crippen LogP contribution in [0.3, 0.4) is 0 Å². The first kappa shape index (κ1) is 30.3. The van der Waals surface area contributed by atoms with Crippen LogP contribution in [0.15, 0.2) is 59.1 Å². The summed E-state index contributed by atoms with van der Waals surface area (Å²) in [6.07, 6.45) is -4.29. The van der Waals surface area contributed by atoms with E-state index in [0.717, 1.165) is 0 Å². The molecule has 0 heterocycles. The van der Waals surface area contributed by atoms with Crippen LogP contribution in [0.1, 0.15) is 27.9 Å². The number of amides is 1. The SMILES string of the molecule is CN(C)C1C(O)=C(C(N)=O)C(=O)C2(O)C(O)=C3C(=O)c4c(O)ccc(-c5ccc(CNCC(F)(F)F)cc5)c4CC3CC12. The number of carbonyl (C=O) groups is 3. The normalized spacial score (nSPS) is 25.5. The van der Waals surface area contributed by atoms with Gasteiger partial charge >= 0.3 is 6.18 Å². The molecule has 0 saturated heterocycles. The highest BCUT2D eigenvalue weighted by Gasteiger charge is 2.63. The Kier molecular flexibility index (Phi) is 7.39. The predicted molar refractivity (Wildman–Crippen MR) is 147 cm³/mol. The van der Waals surface area contributed by atoms with Gasteiger partial charge in [-0.15, -0.1) is 0 Å². The molecule has 43 heavy (non-hydrogen) atoms.